The summed E-state index contributed by atoms with van der Waals surface area (Å²) in [7, 11) is -2.56. The van der Waals surface area contributed by atoms with Gasteiger partial charge in [0.2, 0.25) is 15.9 Å². The molecule has 2 aromatic carbocycles. The zero-order valence-electron chi connectivity index (χ0n) is 16.1. The van der Waals surface area contributed by atoms with Crippen molar-refractivity contribution in [3.63, 3.8) is 0 Å². The van der Waals surface area contributed by atoms with Crippen LogP contribution < -0.4 is 10.1 Å². The van der Waals surface area contributed by atoms with Gasteiger partial charge in [0, 0.05) is 35.9 Å². The number of sulfonamides is 1. The second kappa shape index (κ2) is 8.99. The summed E-state index contributed by atoms with van der Waals surface area (Å²) in [4.78, 5) is 23.0. The van der Waals surface area contributed by atoms with Crippen molar-refractivity contribution in [2.45, 2.75) is 17.7 Å². The molecular weight excluding hydrogens is 434 g/mol. The van der Waals surface area contributed by atoms with Gasteiger partial charge < -0.3 is 10.1 Å². The molecule has 0 saturated carbocycles. The van der Waals surface area contributed by atoms with Crippen LogP contribution in [0.25, 0.3) is 0 Å². The minimum Gasteiger partial charge on any atom is -0.495 e. The third kappa shape index (κ3) is 4.72. The Hall–Kier alpha value is -2.69. The van der Waals surface area contributed by atoms with E-state index in [0.29, 0.717) is 12.8 Å². The number of halogens is 1. The van der Waals surface area contributed by atoms with Crippen LogP contribution in [0.5, 0.6) is 5.75 Å². The number of nitrogens with one attached hydrogen (secondary N) is 1. The number of nitrogens with zero attached hydrogens (tertiary/aromatic N) is 2. The summed E-state index contributed by atoms with van der Waals surface area (Å²) in [5.41, 5.74) is 0.138. The molecule has 11 heteroatoms. The number of benzene rings is 2. The van der Waals surface area contributed by atoms with Crippen molar-refractivity contribution in [1.29, 1.82) is 0 Å². The Morgan fingerprint density at radius 2 is 2.07 bits per heavy atom. The van der Waals surface area contributed by atoms with Gasteiger partial charge in [-0.3, -0.25) is 14.9 Å². The molecule has 0 aliphatic carbocycles. The van der Waals surface area contributed by atoms with Crippen molar-refractivity contribution in [2.24, 2.45) is 5.92 Å². The monoisotopic (exact) mass is 453 g/mol. The second-order valence-corrected chi connectivity index (χ2v) is 9.14. The maximum absolute atomic E-state index is 13.1. The van der Waals surface area contributed by atoms with Gasteiger partial charge in [-0.2, -0.15) is 4.31 Å². The van der Waals surface area contributed by atoms with E-state index >= 15 is 0 Å². The molecule has 1 aliphatic heterocycles. The van der Waals surface area contributed by atoms with E-state index in [9.17, 15) is 23.3 Å². The number of nitro benzene ring substituents is 1. The number of piperidine rings is 1. The van der Waals surface area contributed by atoms with Gasteiger partial charge in [0.05, 0.1) is 18.0 Å². The topological polar surface area (TPSA) is 119 Å². The molecule has 2 aromatic rings. The first-order chi connectivity index (χ1) is 14.2. The van der Waals surface area contributed by atoms with Gasteiger partial charge in [0.25, 0.3) is 5.69 Å². The average Bonchev–Trinajstić information content (AvgIpc) is 2.74. The number of hydrogen-bond donors (Lipinski definition) is 1. The van der Waals surface area contributed by atoms with Gasteiger partial charge in [-0.25, -0.2) is 8.42 Å². The number of amides is 1. The number of ether oxygens (including phenoxy) is 1. The lowest BCUT2D eigenvalue weighted by Gasteiger charge is -2.31. The zero-order chi connectivity index (χ0) is 21.9. The number of carbonyl (C=O) groups is 1. The van der Waals surface area contributed by atoms with Gasteiger partial charge in [0.15, 0.2) is 0 Å². The SMILES string of the molecule is COc1ccc(Cl)cc1S(=O)(=O)N1CCC[C@@H](C(=O)Nc2cccc([N+](=O)[O-])c2)C1. The van der Waals surface area contributed by atoms with Crippen LogP contribution in [-0.2, 0) is 14.8 Å². The predicted molar refractivity (Wildman–Crippen MR) is 111 cm³/mol. The van der Waals surface area contributed by atoms with Gasteiger partial charge in [0.1, 0.15) is 10.6 Å². The Morgan fingerprint density at radius 1 is 1.30 bits per heavy atom. The van der Waals surface area contributed by atoms with E-state index in [4.69, 9.17) is 16.3 Å². The van der Waals surface area contributed by atoms with Crippen molar-refractivity contribution < 1.29 is 22.9 Å². The summed E-state index contributed by atoms with van der Waals surface area (Å²) in [6, 6.07) is 9.92. The largest absolute Gasteiger partial charge is 0.495 e. The smallest absolute Gasteiger partial charge is 0.271 e. The highest BCUT2D eigenvalue weighted by Crippen LogP contribution is 2.32. The van der Waals surface area contributed by atoms with E-state index < -0.39 is 26.8 Å². The first kappa shape index (κ1) is 22.0. The fraction of sp³-hybridized carbons (Fsp3) is 0.316. The van der Waals surface area contributed by atoms with Crippen molar-refractivity contribution in [2.75, 3.05) is 25.5 Å². The predicted octanol–water partition coefficient (Wildman–Crippen LogP) is 3.30. The number of anilines is 1. The molecule has 1 saturated heterocycles. The van der Waals surface area contributed by atoms with E-state index in [-0.39, 0.29) is 40.1 Å². The van der Waals surface area contributed by atoms with Crippen LogP contribution in [0.3, 0.4) is 0 Å². The lowest BCUT2D eigenvalue weighted by atomic mass is 9.98. The molecule has 0 radical (unpaired) electrons. The molecule has 0 aromatic heterocycles. The van der Waals surface area contributed by atoms with Crippen molar-refractivity contribution in [3.8, 4) is 5.75 Å². The number of nitro groups is 1. The molecule has 0 spiro atoms. The van der Waals surface area contributed by atoms with Crippen LogP contribution in [-0.4, -0.2) is 43.8 Å². The lowest BCUT2D eigenvalue weighted by Crippen LogP contribution is -2.43. The Bertz CT molecular complexity index is 1080. The summed E-state index contributed by atoms with van der Waals surface area (Å²) in [5.74, 6) is -0.825. The minimum absolute atomic E-state index is 0.0151. The van der Waals surface area contributed by atoms with E-state index in [2.05, 4.69) is 5.32 Å². The van der Waals surface area contributed by atoms with E-state index in [1.165, 1.54) is 47.8 Å². The lowest BCUT2D eigenvalue weighted by molar-refractivity contribution is -0.384. The van der Waals surface area contributed by atoms with Crippen LogP contribution in [0, 0.1) is 16.0 Å². The Balaban J connectivity index is 1.78. The summed E-state index contributed by atoms with van der Waals surface area (Å²) in [6.07, 6.45) is 0.995. The quantitative estimate of drug-likeness (QED) is 0.529. The molecule has 1 atom stereocenters. The molecule has 0 bridgehead atoms. The molecule has 160 valence electrons. The molecule has 3 rings (SSSR count). The highest BCUT2D eigenvalue weighted by Gasteiger charge is 2.35. The number of hydrogen-bond acceptors (Lipinski definition) is 6. The van der Waals surface area contributed by atoms with Crippen molar-refractivity contribution in [1.82, 2.24) is 4.31 Å². The molecule has 1 fully saturated rings. The third-order valence-corrected chi connectivity index (χ3v) is 6.94. The summed E-state index contributed by atoms with van der Waals surface area (Å²) in [5, 5.41) is 13.8. The standard InChI is InChI=1S/C19H20ClN3O6S/c1-29-17-8-7-14(20)10-18(17)30(27,28)22-9-3-4-13(12-22)19(24)21-15-5-2-6-16(11-15)23(25)26/h2,5-8,10-11,13H,3-4,9,12H2,1H3,(H,21,24)/t13-/m1/s1. The van der Waals surface area contributed by atoms with Crippen LogP contribution in [0.4, 0.5) is 11.4 Å². The first-order valence-corrected chi connectivity index (χ1v) is 10.9. The third-order valence-electron chi connectivity index (χ3n) is 4.82. The molecule has 1 heterocycles. The number of non-ortho nitro benzene ring substituents is 1. The normalized spacial score (nSPS) is 17.3. The fourth-order valence-corrected chi connectivity index (χ4v) is 5.25. The van der Waals surface area contributed by atoms with Crippen LogP contribution in [0.2, 0.25) is 5.02 Å². The van der Waals surface area contributed by atoms with Gasteiger partial charge in [-0.1, -0.05) is 17.7 Å². The molecule has 9 nitrogen and oxygen atoms in total. The molecule has 1 N–H and O–H groups in total. The molecule has 30 heavy (non-hydrogen) atoms. The van der Waals surface area contributed by atoms with E-state index in [0.717, 1.165) is 0 Å². The Morgan fingerprint density at radius 3 is 2.77 bits per heavy atom. The molecule has 1 aliphatic rings. The maximum atomic E-state index is 13.1. The second-order valence-electron chi connectivity index (χ2n) is 6.79. The zero-order valence-corrected chi connectivity index (χ0v) is 17.6. The minimum atomic E-state index is -3.93. The number of carbonyl (C=O) groups excluding carboxylic acids is 1. The average molecular weight is 454 g/mol. The summed E-state index contributed by atoms with van der Waals surface area (Å²) < 4.78 is 32.7. The van der Waals surface area contributed by atoms with Crippen LogP contribution in [0.1, 0.15) is 12.8 Å². The highest BCUT2D eigenvalue weighted by atomic mass is 35.5. The highest BCUT2D eigenvalue weighted by molar-refractivity contribution is 7.89. The maximum Gasteiger partial charge on any atom is 0.271 e. The Kier molecular flexibility index (Phi) is 6.59. The van der Waals surface area contributed by atoms with Gasteiger partial charge >= 0.3 is 0 Å². The molecule has 1 amide bonds. The summed E-state index contributed by atoms with van der Waals surface area (Å²) >= 11 is 5.97. The fourth-order valence-electron chi connectivity index (χ4n) is 3.31. The van der Waals surface area contributed by atoms with Crippen molar-refractivity contribution in [3.05, 3.63) is 57.6 Å². The Labute approximate surface area is 178 Å². The van der Waals surface area contributed by atoms with Crippen molar-refractivity contribution >= 4 is 38.9 Å². The number of rotatable bonds is 6. The summed E-state index contributed by atoms with van der Waals surface area (Å²) in [6.45, 7) is 0.247. The molecule has 0 unspecified atom stereocenters. The van der Waals surface area contributed by atoms with E-state index in [1.54, 1.807) is 6.07 Å². The molecular formula is C19H20ClN3O6S. The van der Waals surface area contributed by atoms with Crippen LogP contribution >= 0.6 is 11.6 Å². The number of methoxy groups -OCH3 is 1. The van der Waals surface area contributed by atoms with E-state index in [1.807, 2.05) is 0 Å². The van der Waals surface area contributed by atoms with Gasteiger partial charge in [-0.15, -0.1) is 0 Å². The van der Waals surface area contributed by atoms with Gasteiger partial charge in [-0.05, 0) is 37.1 Å². The first-order valence-electron chi connectivity index (χ1n) is 9.11. The van der Waals surface area contributed by atoms with Crippen LogP contribution in [0.15, 0.2) is 47.4 Å².